The Labute approximate surface area is 116 Å². The Hall–Kier alpha value is -0.610. The van der Waals surface area contributed by atoms with Crippen molar-refractivity contribution >= 4 is 5.97 Å². The lowest BCUT2D eigenvalue weighted by molar-refractivity contribution is -0.143. The van der Waals surface area contributed by atoms with E-state index in [1.54, 1.807) is 0 Å². The fourth-order valence-electron chi connectivity index (χ4n) is 3.77. The highest BCUT2D eigenvalue weighted by molar-refractivity contribution is 5.75. The maximum Gasteiger partial charge on any atom is 0.322 e. The van der Waals surface area contributed by atoms with Crippen LogP contribution >= 0.6 is 0 Å². The van der Waals surface area contributed by atoms with Crippen LogP contribution in [0, 0.1) is 5.92 Å². The molecular formula is C15H28N2O2. The Morgan fingerprint density at radius 1 is 1.37 bits per heavy atom. The molecule has 0 spiro atoms. The van der Waals surface area contributed by atoms with E-state index in [-0.39, 0.29) is 12.0 Å². The van der Waals surface area contributed by atoms with Crippen molar-refractivity contribution < 1.29 is 9.53 Å². The molecule has 1 aliphatic heterocycles. The highest BCUT2D eigenvalue weighted by Gasteiger charge is 2.35. The predicted molar refractivity (Wildman–Crippen MR) is 76.0 cm³/mol. The zero-order chi connectivity index (χ0) is 13.7. The number of likely N-dealkylation sites (N-methyl/N-ethyl adjacent to an activating group) is 1. The Bertz CT molecular complexity index is 296. The van der Waals surface area contributed by atoms with Crippen molar-refractivity contribution in [3.63, 3.8) is 0 Å². The molecule has 0 radical (unpaired) electrons. The maximum atomic E-state index is 11.7. The van der Waals surface area contributed by atoms with Crippen LogP contribution in [-0.4, -0.2) is 49.7 Å². The van der Waals surface area contributed by atoms with Gasteiger partial charge >= 0.3 is 5.97 Å². The van der Waals surface area contributed by atoms with E-state index in [4.69, 9.17) is 4.74 Å². The zero-order valence-corrected chi connectivity index (χ0v) is 12.4. The van der Waals surface area contributed by atoms with Gasteiger partial charge in [-0.3, -0.25) is 4.79 Å². The molecule has 1 aliphatic carbocycles. The van der Waals surface area contributed by atoms with Crippen LogP contribution < -0.4 is 5.32 Å². The lowest BCUT2D eigenvalue weighted by Crippen LogP contribution is -2.42. The average molecular weight is 268 g/mol. The summed E-state index contributed by atoms with van der Waals surface area (Å²) < 4.78 is 4.87. The second-order valence-electron chi connectivity index (χ2n) is 5.86. The number of hydrogen-bond acceptors (Lipinski definition) is 4. The first-order chi connectivity index (χ1) is 9.26. The van der Waals surface area contributed by atoms with E-state index in [0.29, 0.717) is 0 Å². The largest absolute Gasteiger partial charge is 0.468 e. The zero-order valence-electron chi connectivity index (χ0n) is 12.4. The van der Waals surface area contributed by atoms with Gasteiger partial charge in [0.05, 0.1) is 7.11 Å². The van der Waals surface area contributed by atoms with Crippen molar-refractivity contribution in [1.29, 1.82) is 0 Å². The molecule has 0 bridgehead atoms. The van der Waals surface area contributed by atoms with Crippen LogP contribution in [0.3, 0.4) is 0 Å². The van der Waals surface area contributed by atoms with Gasteiger partial charge in [0.1, 0.15) is 6.04 Å². The van der Waals surface area contributed by atoms with Gasteiger partial charge in [0, 0.05) is 12.6 Å². The van der Waals surface area contributed by atoms with Crippen molar-refractivity contribution in [2.24, 2.45) is 5.92 Å². The van der Waals surface area contributed by atoms with Crippen molar-refractivity contribution in [3.05, 3.63) is 0 Å². The summed E-state index contributed by atoms with van der Waals surface area (Å²) in [7, 11) is 1.47. The number of fused-ring (bicyclic) bond motifs is 1. The average Bonchev–Trinajstić information content (AvgIpc) is 2.86. The van der Waals surface area contributed by atoms with Gasteiger partial charge in [-0.15, -0.1) is 0 Å². The summed E-state index contributed by atoms with van der Waals surface area (Å²) in [5, 5.41) is 3.23. The van der Waals surface area contributed by atoms with Gasteiger partial charge in [-0.1, -0.05) is 19.8 Å². The molecule has 110 valence electrons. The molecule has 1 saturated carbocycles. The molecule has 3 unspecified atom stereocenters. The third-order valence-electron chi connectivity index (χ3n) is 4.77. The fraction of sp³-hybridized carbons (Fsp3) is 0.933. The molecule has 1 heterocycles. The number of rotatable bonds is 6. The van der Waals surface area contributed by atoms with Gasteiger partial charge in [0.2, 0.25) is 0 Å². The van der Waals surface area contributed by atoms with Gasteiger partial charge in [-0.05, 0) is 44.7 Å². The van der Waals surface area contributed by atoms with Crippen LogP contribution in [-0.2, 0) is 9.53 Å². The number of methoxy groups -OCH3 is 1. The fourth-order valence-corrected chi connectivity index (χ4v) is 3.77. The molecule has 2 rings (SSSR count). The van der Waals surface area contributed by atoms with Gasteiger partial charge in [0.15, 0.2) is 0 Å². The van der Waals surface area contributed by atoms with Crippen molar-refractivity contribution in [1.82, 2.24) is 10.2 Å². The quantitative estimate of drug-likeness (QED) is 0.746. The molecule has 1 saturated heterocycles. The minimum absolute atomic E-state index is 0.124. The summed E-state index contributed by atoms with van der Waals surface area (Å²) in [6.45, 7) is 5.08. The van der Waals surface area contributed by atoms with Crippen LogP contribution in [0.5, 0.6) is 0 Å². The summed E-state index contributed by atoms with van der Waals surface area (Å²) in [4.78, 5) is 14.3. The smallest absolute Gasteiger partial charge is 0.322 e. The number of nitrogens with one attached hydrogen (secondary N) is 1. The molecule has 1 N–H and O–H groups in total. The number of ether oxygens (including phenoxy) is 1. The number of nitrogens with zero attached hydrogens (tertiary/aromatic N) is 1. The van der Waals surface area contributed by atoms with E-state index in [1.807, 2.05) is 6.92 Å². The molecule has 0 aromatic heterocycles. The first-order valence-corrected chi connectivity index (χ1v) is 7.81. The molecule has 4 heteroatoms. The number of carbonyl (C=O) groups excluding carboxylic acids is 1. The van der Waals surface area contributed by atoms with E-state index >= 15 is 0 Å². The number of hydrogen-bond donors (Lipinski definition) is 1. The Kier molecular flexibility index (Phi) is 5.64. The van der Waals surface area contributed by atoms with E-state index in [0.717, 1.165) is 31.5 Å². The van der Waals surface area contributed by atoms with Crippen LogP contribution in [0.1, 0.15) is 45.4 Å². The Balaban J connectivity index is 1.81. The van der Waals surface area contributed by atoms with Crippen LogP contribution in [0.2, 0.25) is 0 Å². The molecular weight excluding hydrogens is 240 g/mol. The summed E-state index contributed by atoms with van der Waals surface area (Å²) in [6.07, 6.45) is 7.78. The topological polar surface area (TPSA) is 41.6 Å². The number of carbonyl (C=O) groups is 1. The van der Waals surface area contributed by atoms with Crippen LogP contribution in [0.25, 0.3) is 0 Å². The highest BCUT2D eigenvalue weighted by Crippen LogP contribution is 2.36. The molecule has 0 amide bonds. The van der Waals surface area contributed by atoms with Gasteiger partial charge < -0.3 is 15.0 Å². The van der Waals surface area contributed by atoms with Crippen molar-refractivity contribution in [2.75, 3.05) is 26.7 Å². The highest BCUT2D eigenvalue weighted by atomic mass is 16.5. The predicted octanol–water partition coefficient (Wildman–Crippen LogP) is 1.79. The second-order valence-corrected chi connectivity index (χ2v) is 5.86. The molecule has 0 aromatic carbocycles. The lowest BCUT2D eigenvalue weighted by atomic mass is 9.85. The van der Waals surface area contributed by atoms with Gasteiger partial charge in [-0.25, -0.2) is 0 Å². The maximum absolute atomic E-state index is 11.7. The van der Waals surface area contributed by atoms with Crippen LogP contribution in [0.4, 0.5) is 0 Å². The first kappa shape index (κ1) is 14.8. The minimum Gasteiger partial charge on any atom is -0.468 e. The lowest BCUT2D eigenvalue weighted by Gasteiger charge is -2.32. The number of likely N-dealkylation sites (tertiary alicyclic amines) is 1. The third kappa shape index (κ3) is 3.69. The van der Waals surface area contributed by atoms with Crippen molar-refractivity contribution in [3.8, 4) is 0 Å². The van der Waals surface area contributed by atoms with Gasteiger partial charge in [-0.2, -0.15) is 0 Å². The third-order valence-corrected chi connectivity index (χ3v) is 4.77. The number of esters is 1. The molecule has 3 atom stereocenters. The van der Waals surface area contributed by atoms with Crippen LogP contribution in [0.15, 0.2) is 0 Å². The summed E-state index contributed by atoms with van der Waals surface area (Å²) in [6, 6.07) is 0.645. The molecule has 0 aromatic rings. The minimum atomic E-state index is -0.141. The van der Waals surface area contributed by atoms with E-state index < -0.39 is 0 Å². The van der Waals surface area contributed by atoms with Crippen molar-refractivity contribution in [2.45, 2.75) is 57.5 Å². The summed E-state index contributed by atoms with van der Waals surface area (Å²) in [5.74, 6) is 0.797. The standard InChI is InChI=1S/C15H28N2O2/c1-3-16-13(15(18)19-2)9-11-17-10-8-12-6-4-5-7-14(12)17/h12-14,16H,3-11H2,1-2H3. The Morgan fingerprint density at radius 2 is 2.16 bits per heavy atom. The van der Waals surface area contributed by atoms with E-state index in [9.17, 15) is 4.79 Å². The summed E-state index contributed by atoms with van der Waals surface area (Å²) in [5.41, 5.74) is 0. The molecule has 2 aliphatic rings. The second kappa shape index (κ2) is 7.25. The Morgan fingerprint density at radius 3 is 2.89 bits per heavy atom. The normalized spacial score (nSPS) is 28.9. The van der Waals surface area contributed by atoms with Gasteiger partial charge in [0.25, 0.3) is 0 Å². The van der Waals surface area contributed by atoms with E-state index in [2.05, 4.69) is 10.2 Å². The molecule has 19 heavy (non-hydrogen) atoms. The SMILES string of the molecule is CCNC(CCN1CCC2CCCCC21)C(=O)OC. The monoisotopic (exact) mass is 268 g/mol. The first-order valence-electron chi connectivity index (χ1n) is 7.81. The summed E-state index contributed by atoms with van der Waals surface area (Å²) >= 11 is 0. The molecule has 4 nitrogen and oxygen atoms in total. The van der Waals surface area contributed by atoms with E-state index in [1.165, 1.54) is 45.8 Å². The molecule has 2 fully saturated rings.